The molecule has 1 aromatic heterocycles. The van der Waals surface area contributed by atoms with E-state index in [4.69, 9.17) is 9.47 Å². The second-order valence-corrected chi connectivity index (χ2v) is 6.79. The monoisotopic (exact) mass is 380 g/mol. The number of rotatable bonds is 4. The molecule has 1 aliphatic rings. The van der Waals surface area contributed by atoms with Crippen LogP contribution in [0.4, 0.5) is 5.69 Å². The molecule has 2 aromatic rings. The molecule has 114 valence electrons. The molecule has 1 aromatic carbocycles. The highest BCUT2D eigenvalue weighted by atomic mass is 79.9. The van der Waals surface area contributed by atoms with Crippen molar-refractivity contribution >= 4 is 39.3 Å². The topological polar surface area (TPSA) is 60.5 Å². The van der Waals surface area contributed by atoms with Crippen LogP contribution in [0.15, 0.2) is 46.0 Å². The molecule has 0 saturated carbocycles. The number of carbonyl (C=O) groups excluding carboxylic acids is 1. The average molecular weight is 381 g/mol. The fraction of sp³-hybridized carbons (Fsp3) is 0.200. The number of thioether (sulfide) groups is 1. The fourth-order valence-corrected chi connectivity index (χ4v) is 3.24. The Labute approximate surface area is 140 Å². The third kappa shape index (κ3) is 3.36. The lowest BCUT2D eigenvalue weighted by Gasteiger charge is -2.12. The van der Waals surface area contributed by atoms with Crippen LogP contribution in [-0.2, 0) is 4.79 Å². The minimum atomic E-state index is -0.281. The molecule has 1 N–H and O–H groups in total. The van der Waals surface area contributed by atoms with Gasteiger partial charge in [0.2, 0.25) is 12.7 Å². The van der Waals surface area contributed by atoms with Gasteiger partial charge in [-0.2, -0.15) is 0 Å². The molecule has 1 amide bonds. The third-order valence-electron chi connectivity index (χ3n) is 3.02. The van der Waals surface area contributed by atoms with Gasteiger partial charge in [0.15, 0.2) is 11.5 Å². The lowest BCUT2D eigenvalue weighted by Crippen LogP contribution is -2.22. The van der Waals surface area contributed by atoms with Crippen molar-refractivity contribution in [3.8, 4) is 11.5 Å². The zero-order valence-corrected chi connectivity index (χ0v) is 14.1. The van der Waals surface area contributed by atoms with Crippen molar-refractivity contribution in [2.45, 2.75) is 17.2 Å². The Bertz CT molecular complexity index is 711. The maximum absolute atomic E-state index is 12.3. The van der Waals surface area contributed by atoms with Crippen LogP contribution in [-0.4, -0.2) is 22.9 Å². The molecule has 5 nitrogen and oxygen atoms in total. The van der Waals surface area contributed by atoms with Gasteiger partial charge in [-0.3, -0.25) is 4.79 Å². The van der Waals surface area contributed by atoms with Crippen LogP contribution >= 0.6 is 27.7 Å². The van der Waals surface area contributed by atoms with Crippen molar-refractivity contribution in [3.05, 3.63) is 41.0 Å². The third-order valence-corrected chi connectivity index (χ3v) is 5.04. The number of nitrogens with one attached hydrogen (secondary N) is 1. The zero-order valence-electron chi connectivity index (χ0n) is 11.7. The van der Waals surface area contributed by atoms with Crippen molar-refractivity contribution in [1.29, 1.82) is 0 Å². The van der Waals surface area contributed by atoms with Crippen LogP contribution in [0.3, 0.4) is 0 Å². The zero-order chi connectivity index (χ0) is 15.5. The van der Waals surface area contributed by atoms with E-state index in [2.05, 4.69) is 26.2 Å². The maximum Gasteiger partial charge on any atom is 0.237 e. The van der Waals surface area contributed by atoms with Crippen LogP contribution in [0.2, 0.25) is 0 Å². The van der Waals surface area contributed by atoms with E-state index >= 15 is 0 Å². The van der Waals surface area contributed by atoms with E-state index in [1.54, 1.807) is 24.4 Å². The normalized spacial score (nSPS) is 13.7. The summed E-state index contributed by atoms with van der Waals surface area (Å²) in [6.45, 7) is 2.06. The highest BCUT2D eigenvalue weighted by Gasteiger charge is 2.18. The Kier molecular flexibility index (Phi) is 4.54. The second kappa shape index (κ2) is 6.58. The molecule has 1 unspecified atom stereocenters. The summed E-state index contributed by atoms with van der Waals surface area (Å²) in [5.74, 6) is 1.24. The van der Waals surface area contributed by atoms with Gasteiger partial charge in [-0.25, -0.2) is 4.98 Å². The molecule has 0 saturated heterocycles. The van der Waals surface area contributed by atoms with E-state index in [-0.39, 0.29) is 18.0 Å². The Morgan fingerprint density at radius 1 is 1.36 bits per heavy atom. The molecule has 0 fully saturated rings. The Morgan fingerprint density at radius 2 is 2.18 bits per heavy atom. The molecule has 1 aliphatic heterocycles. The summed E-state index contributed by atoms with van der Waals surface area (Å²) in [6, 6.07) is 9.07. The van der Waals surface area contributed by atoms with Crippen molar-refractivity contribution in [3.63, 3.8) is 0 Å². The first-order valence-electron chi connectivity index (χ1n) is 6.61. The number of hydrogen-bond donors (Lipinski definition) is 1. The molecular weight excluding hydrogens is 368 g/mol. The van der Waals surface area contributed by atoms with Crippen molar-refractivity contribution < 1.29 is 14.3 Å². The van der Waals surface area contributed by atoms with Crippen molar-refractivity contribution in [1.82, 2.24) is 4.98 Å². The lowest BCUT2D eigenvalue weighted by atomic mass is 10.2. The van der Waals surface area contributed by atoms with Gasteiger partial charge in [-0.1, -0.05) is 11.8 Å². The number of anilines is 1. The first-order valence-corrected chi connectivity index (χ1v) is 8.28. The van der Waals surface area contributed by atoms with Gasteiger partial charge < -0.3 is 14.8 Å². The van der Waals surface area contributed by atoms with Crippen LogP contribution in [0.5, 0.6) is 11.5 Å². The highest BCUT2D eigenvalue weighted by Crippen LogP contribution is 2.34. The predicted octanol–water partition coefficient (Wildman–Crippen LogP) is 3.69. The molecule has 1 atom stereocenters. The Balaban J connectivity index is 1.65. The van der Waals surface area contributed by atoms with Gasteiger partial charge in [0.1, 0.15) is 5.03 Å². The lowest BCUT2D eigenvalue weighted by molar-refractivity contribution is -0.115. The van der Waals surface area contributed by atoms with Gasteiger partial charge in [0.25, 0.3) is 0 Å². The second-order valence-electron chi connectivity index (χ2n) is 4.61. The molecule has 22 heavy (non-hydrogen) atoms. The Hall–Kier alpha value is -1.73. The minimum absolute atomic E-state index is 0.0959. The molecule has 0 bridgehead atoms. The van der Waals surface area contributed by atoms with Crippen LogP contribution in [0.25, 0.3) is 0 Å². The van der Waals surface area contributed by atoms with E-state index < -0.39 is 0 Å². The number of halogens is 1. The maximum atomic E-state index is 12.3. The Morgan fingerprint density at radius 3 is 3.00 bits per heavy atom. The van der Waals surface area contributed by atoms with Crippen LogP contribution in [0, 0.1) is 0 Å². The smallest absolute Gasteiger partial charge is 0.237 e. The van der Waals surface area contributed by atoms with Crippen molar-refractivity contribution in [2.75, 3.05) is 12.1 Å². The van der Waals surface area contributed by atoms with Gasteiger partial charge >= 0.3 is 0 Å². The summed E-state index contributed by atoms with van der Waals surface area (Å²) in [4.78, 5) is 16.5. The standard InChI is InChI=1S/C15H13BrN2O3S/c1-9(22-15-11(16)3-2-6-17-15)14(19)18-10-4-5-12-13(7-10)21-8-20-12/h2-7,9H,8H2,1H3,(H,18,19). The average Bonchev–Trinajstić information content (AvgIpc) is 2.97. The summed E-state index contributed by atoms with van der Waals surface area (Å²) in [5, 5.41) is 3.38. The number of hydrogen-bond acceptors (Lipinski definition) is 5. The summed E-state index contributed by atoms with van der Waals surface area (Å²) < 4.78 is 11.4. The molecule has 7 heteroatoms. The summed E-state index contributed by atoms with van der Waals surface area (Å²) in [5.41, 5.74) is 0.682. The van der Waals surface area contributed by atoms with E-state index in [9.17, 15) is 4.79 Å². The van der Waals surface area contributed by atoms with E-state index in [0.717, 1.165) is 9.50 Å². The molecule has 0 radical (unpaired) electrons. The molecular formula is C15H13BrN2O3S. The number of benzene rings is 1. The van der Waals surface area contributed by atoms with Gasteiger partial charge in [0, 0.05) is 22.4 Å². The first-order chi connectivity index (χ1) is 10.6. The number of amides is 1. The fourth-order valence-electron chi connectivity index (χ4n) is 1.90. The van der Waals surface area contributed by atoms with Gasteiger partial charge in [-0.15, -0.1) is 0 Å². The van der Waals surface area contributed by atoms with E-state index in [1.165, 1.54) is 11.8 Å². The number of nitrogens with zero attached hydrogens (tertiary/aromatic N) is 1. The summed E-state index contributed by atoms with van der Waals surface area (Å²) in [6.07, 6.45) is 1.70. The number of fused-ring (bicyclic) bond motifs is 1. The predicted molar refractivity (Wildman–Crippen MR) is 88.5 cm³/mol. The molecule has 2 heterocycles. The van der Waals surface area contributed by atoms with Crippen molar-refractivity contribution in [2.24, 2.45) is 0 Å². The van der Waals surface area contributed by atoms with E-state index in [0.29, 0.717) is 17.2 Å². The molecule has 0 aliphatic carbocycles. The quantitative estimate of drug-likeness (QED) is 0.819. The minimum Gasteiger partial charge on any atom is -0.454 e. The summed E-state index contributed by atoms with van der Waals surface area (Å²) >= 11 is 4.83. The molecule has 0 spiro atoms. The number of carbonyl (C=O) groups is 1. The highest BCUT2D eigenvalue weighted by molar-refractivity contribution is 9.10. The van der Waals surface area contributed by atoms with Crippen LogP contribution < -0.4 is 14.8 Å². The van der Waals surface area contributed by atoms with Gasteiger partial charge in [-0.05, 0) is 47.1 Å². The first kappa shape index (κ1) is 15.2. The summed E-state index contributed by atoms with van der Waals surface area (Å²) in [7, 11) is 0. The SMILES string of the molecule is CC(Sc1ncccc1Br)C(=O)Nc1ccc2c(c1)OCO2. The largest absolute Gasteiger partial charge is 0.454 e. The number of ether oxygens (including phenoxy) is 2. The van der Waals surface area contributed by atoms with E-state index in [1.807, 2.05) is 19.1 Å². The van der Waals surface area contributed by atoms with Gasteiger partial charge in [0.05, 0.1) is 5.25 Å². The molecule has 3 rings (SSSR count). The number of aromatic nitrogens is 1. The number of pyridine rings is 1. The van der Waals surface area contributed by atoms with Crippen LogP contribution in [0.1, 0.15) is 6.92 Å².